The van der Waals surface area contributed by atoms with Gasteiger partial charge in [-0.15, -0.1) is 11.3 Å². The number of aliphatic hydroxyl groups is 1. The summed E-state index contributed by atoms with van der Waals surface area (Å²) < 4.78 is 27.3. The van der Waals surface area contributed by atoms with Crippen molar-refractivity contribution in [2.75, 3.05) is 0 Å². The summed E-state index contributed by atoms with van der Waals surface area (Å²) in [7, 11) is -3.50. The summed E-state index contributed by atoms with van der Waals surface area (Å²) in [6.07, 6.45) is 1.46. The lowest BCUT2D eigenvalue weighted by atomic mass is 10.1. The highest BCUT2D eigenvalue weighted by atomic mass is 32.2. The molecule has 4 nitrogen and oxygen atoms in total. The van der Waals surface area contributed by atoms with E-state index in [0.29, 0.717) is 4.88 Å². The van der Waals surface area contributed by atoms with Crippen molar-refractivity contribution in [3.8, 4) is 0 Å². The molecule has 0 unspecified atom stereocenters. The molecule has 0 aliphatic heterocycles. The van der Waals surface area contributed by atoms with Crippen LogP contribution in [-0.2, 0) is 29.5 Å². The molecular formula is C14H15NO3S2. The van der Waals surface area contributed by atoms with Crippen LogP contribution in [0.1, 0.15) is 16.0 Å². The second-order valence-electron chi connectivity index (χ2n) is 4.90. The highest BCUT2D eigenvalue weighted by Gasteiger charge is 2.26. The Balaban J connectivity index is 1.75. The summed E-state index contributed by atoms with van der Waals surface area (Å²) in [5, 5.41) is 10.6. The van der Waals surface area contributed by atoms with Crippen LogP contribution in [-0.4, -0.2) is 19.6 Å². The van der Waals surface area contributed by atoms with Gasteiger partial charge < -0.3 is 5.11 Å². The van der Waals surface area contributed by atoms with Gasteiger partial charge >= 0.3 is 0 Å². The topological polar surface area (TPSA) is 66.4 Å². The number of thiophene rings is 1. The van der Waals surface area contributed by atoms with Gasteiger partial charge in [0.05, 0.1) is 11.5 Å². The minimum absolute atomic E-state index is 0.0881. The number of benzene rings is 1. The van der Waals surface area contributed by atoms with Crippen molar-refractivity contribution < 1.29 is 13.5 Å². The first kappa shape index (κ1) is 13.8. The van der Waals surface area contributed by atoms with Crippen LogP contribution in [0.2, 0.25) is 0 Å². The second-order valence-corrected chi connectivity index (χ2v) is 7.61. The van der Waals surface area contributed by atoms with E-state index in [1.807, 2.05) is 24.3 Å². The van der Waals surface area contributed by atoms with E-state index < -0.39 is 10.0 Å². The zero-order chi connectivity index (χ0) is 14.2. The van der Waals surface area contributed by atoms with Crippen molar-refractivity contribution >= 4 is 21.4 Å². The fourth-order valence-corrected chi connectivity index (χ4v) is 4.88. The van der Waals surface area contributed by atoms with Gasteiger partial charge in [0.1, 0.15) is 0 Å². The standard InChI is InChI=1S/C14H15NO3S2/c16-8-13-7-14(9-19-13)20(17,18)15-12-5-10-3-1-2-4-11(10)6-12/h1-4,7,9,12,15-16H,5-6,8H2. The molecule has 20 heavy (non-hydrogen) atoms. The zero-order valence-corrected chi connectivity index (χ0v) is 12.4. The van der Waals surface area contributed by atoms with Crippen LogP contribution in [0.4, 0.5) is 0 Å². The van der Waals surface area contributed by atoms with E-state index in [-0.39, 0.29) is 17.5 Å². The first-order valence-electron chi connectivity index (χ1n) is 6.36. The lowest BCUT2D eigenvalue weighted by Gasteiger charge is -2.11. The van der Waals surface area contributed by atoms with Gasteiger partial charge in [-0.05, 0) is 30.0 Å². The SMILES string of the molecule is O=S(=O)(NC1Cc2ccccc2C1)c1csc(CO)c1. The van der Waals surface area contributed by atoms with Crippen molar-refractivity contribution in [1.82, 2.24) is 4.72 Å². The molecule has 1 heterocycles. The molecule has 0 spiro atoms. The number of fused-ring (bicyclic) bond motifs is 1. The second kappa shape index (κ2) is 5.29. The molecule has 0 bridgehead atoms. The Morgan fingerprint density at radius 1 is 1.25 bits per heavy atom. The number of hydrogen-bond acceptors (Lipinski definition) is 4. The Morgan fingerprint density at radius 2 is 1.90 bits per heavy atom. The van der Waals surface area contributed by atoms with Crippen molar-refractivity contribution in [1.29, 1.82) is 0 Å². The van der Waals surface area contributed by atoms with Crippen molar-refractivity contribution in [3.63, 3.8) is 0 Å². The molecule has 0 radical (unpaired) electrons. The molecule has 0 saturated heterocycles. The molecule has 1 aromatic carbocycles. The molecular weight excluding hydrogens is 294 g/mol. The van der Waals surface area contributed by atoms with Gasteiger partial charge in [0.2, 0.25) is 10.0 Å². The Labute approximate surface area is 122 Å². The molecule has 1 aliphatic rings. The molecule has 106 valence electrons. The van der Waals surface area contributed by atoms with E-state index >= 15 is 0 Å². The third-order valence-electron chi connectivity index (χ3n) is 3.47. The van der Waals surface area contributed by atoms with Gasteiger partial charge in [-0.25, -0.2) is 13.1 Å². The van der Waals surface area contributed by atoms with E-state index in [1.165, 1.54) is 28.5 Å². The van der Waals surface area contributed by atoms with Crippen molar-refractivity contribution in [3.05, 3.63) is 51.7 Å². The van der Waals surface area contributed by atoms with Crippen LogP contribution in [0.25, 0.3) is 0 Å². The Hall–Kier alpha value is -1.21. The van der Waals surface area contributed by atoms with Crippen molar-refractivity contribution in [2.45, 2.75) is 30.4 Å². The number of rotatable bonds is 4. The maximum Gasteiger partial charge on any atom is 0.241 e. The third kappa shape index (κ3) is 2.64. The molecule has 0 atom stereocenters. The predicted octanol–water partition coefficient (Wildman–Crippen LogP) is 1.69. The normalized spacial score (nSPS) is 15.4. The molecule has 0 saturated carbocycles. The van der Waals surface area contributed by atoms with Crippen LogP contribution >= 0.6 is 11.3 Å². The number of sulfonamides is 1. The Kier molecular flexibility index (Phi) is 3.64. The fraction of sp³-hybridized carbons (Fsp3) is 0.286. The summed E-state index contributed by atoms with van der Waals surface area (Å²) in [6, 6.07) is 9.46. The number of nitrogens with one attached hydrogen (secondary N) is 1. The summed E-state index contributed by atoms with van der Waals surface area (Å²) >= 11 is 1.25. The summed E-state index contributed by atoms with van der Waals surface area (Å²) in [6.45, 7) is -0.130. The van der Waals surface area contributed by atoms with Crippen LogP contribution in [0, 0.1) is 0 Å². The highest BCUT2D eigenvalue weighted by molar-refractivity contribution is 7.89. The molecule has 3 rings (SSSR count). The van der Waals surface area contributed by atoms with E-state index in [4.69, 9.17) is 5.11 Å². The highest BCUT2D eigenvalue weighted by Crippen LogP contribution is 2.24. The molecule has 1 aliphatic carbocycles. The minimum atomic E-state index is -3.50. The van der Waals surface area contributed by atoms with Gasteiger partial charge in [-0.2, -0.15) is 0 Å². The quantitative estimate of drug-likeness (QED) is 0.903. The van der Waals surface area contributed by atoms with E-state index in [0.717, 1.165) is 12.8 Å². The molecule has 2 N–H and O–H groups in total. The maximum atomic E-state index is 12.3. The lowest BCUT2D eigenvalue weighted by molar-refractivity contribution is 0.285. The lowest BCUT2D eigenvalue weighted by Crippen LogP contribution is -2.35. The van der Waals surface area contributed by atoms with Gasteiger partial charge in [-0.1, -0.05) is 24.3 Å². The van der Waals surface area contributed by atoms with Gasteiger partial charge in [0, 0.05) is 16.3 Å². The average molecular weight is 309 g/mol. The van der Waals surface area contributed by atoms with Crippen LogP contribution in [0.15, 0.2) is 40.6 Å². The number of aliphatic hydroxyl groups excluding tert-OH is 1. The summed E-state index contributed by atoms with van der Waals surface area (Å²) in [5.74, 6) is 0. The minimum Gasteiger partial charge on any atom is -0.391 e. The number of hydrogen-bond donors (Lipinski definition) is 2. The molecule has 2 aromatic rings. The van der Waals surface area contributed by atoms with E-state index in [1.54, 1.807) is 5.38 Å². The largest absolute Gasteiger partial charge is 0.391 e. The maximum absolute atomic E-state index is 12.3. The van der Waals surface area contributed by atoms with Gasteiger partial charge in [0.25, 0.3) is 0 Å². The fourth-order valence-electron chi connectivity index (χ4n) is 2.51. The zero-order valence-electron chi connectivity index (χ0n) is 10.7. The smallest absolute Gasteiger partial charge is 0.241 e. The van der Waals surface area contributed by atoms with Crippen molar-refractivity contribution in [2.24, 2.45) is 0 Å². The molecule has 1 aromatic heterocycles. The monoisotopic (exact) mass is 309 g/mol. The first-order valence-corrected chi connectivity index (χ1v) is 8.72. The Morgan fingerprint density at radius 3 is 2.45 bits per heavy atom. The van der Waals surface area contributed by atoms with Crippen LogP contribution < -0.4 is 4.72 Å². The van der Waals surface area contributed by atoms with Gasteiger partial charge in [-0.3, -0.25) is 0 Å². The summed E-state index contributed by atoms with van der Waals surface area (Å²) in [5.41, 5.74) is 2.42. The predicted molar refractivity (Wildman–Crippen MR) is 78.2 cm³/mol. The molecule has 0 amide bonds. The molecule has 0 fully saturated rings. The first-order chi connectivity index (χ1) is 9.58. The van der Waals surface area contributed by atoms with Crippen LogP contribution in [0.5, 0.6) is 0 Å². The summed E-state index contributed by atoms with van der Waals surface area (Å²) in [4.78, 5) is 0.891. The molecule has 6 heteroatoms. The van der Waals surface area contributed by atoms with Crippen LogP contribution in [0.3, 0.4) is 0 Å². The van der Waals surface area contributed by atoms with E-state index in [9.17, 15) is 8.42 Å². The van der Waals surface area contributed by atoms with E-state index in [2.05, 4.69) is 4.72 Å². The van der Waals surface area contributed by atoms with Gasteiger partial charge in [0.15, 0.2) is 0 Å². The Bertz CT molecular complexity index is 697. The third-order valence-corrected chi connectivity index (χ3v) is 6.04. The average Bonchev–Trinajstić information content (AvgIpc) is 3.04.